The van der Waals surface area contributed by atoms with Crippen LogP contribution in [0.2, 0.25) is 0 Å². The second-order valence-electron chi connectivity index (χ2n) is 6.90. The summed E-state index contributed by atoms with van der Waals surface area (Å²) in [6.07, 6.45) is 15.9. The summed E-state index contributed by atoms with van der Waals surface area (Å²) in [6, 6.07) is 3.92. The minimum Gasteiger partial charge on any atom is -0.368 e. The van der Waals surface area contributed by atoms with Crippen LogP contribution in [0.4, 0.5) is 5.82 Å². The van der Waals surface area contributed by atoms with E-state index in [4.69, 9.17) is 0 Å². The van der Waals surface area contributed by atoms with E-state index in [-0.39, 0.29) is 5.91 Å². The molecule has 6 nitrogen and oxygen atoms in total. The Morgan fingerprint density at radius 3 is 2.70 bits per heavy atom. The highest BCUT2D eigenvalue weighted by molar-refractivity contribution is 5.91. The van der Waals surface area contributed by atoms with Gasteiger partial charge in [-0.15, -0.1) is 0 Å². The van der Waals surface area contributed by atoms with Crippen LogP contribution in [0.15, 0.2) is 48.6 Å². The highest BCUT2D eigenvalue weighted by atomic mass is 16.2. The van der Waals surface area contributed by atoms with Crippen LogP contribution in [0, 0.1) is 0 Å². The molecule has 142 valence electrons. The monoisotopic (exact) mass is 365 g/mol. The molecule has 0 fully saturated rings. The van der Waals surface area contributed by atoms with Gasteiger partial charge in [-0.2, -0.15) is 0 Å². The van der Waals surface area contributed by atoms with Crippen molar-refractivity contribution in [3.63, 3.8) is 0 Å². The first-order valence-electron chi connectivity index (χ1n) is 9.60. The molecule has 2 aromatic rings. The molecule has 6 heteroatoms. The average Bonchev–Trinajstić information content (AvgIpc) is 2.73. The van der Waals surface area contributed by atoms with Gasteiger partial charge in [0, 0.05) is 32.5 Å². The van der Waals surface area contributed by atoms with E-state index >= 15 is 0 Å². The smallest absolute Gasteiger partial charge is 0.273 e. The van der Waals surface area contributed by atoms with Crippen molar-refractivity contribution in [3.8, 4) is 0 Å². The van der Waals surface area contributed by atoms with Gasteiger partial charge in [0.2, 0.25) is 0 Å². The Bertz CT molecular complexity index is 758. The van der Waals surface area contributed by atoms with Gasteiger partial charge in [-0.05, 0) is 56.2 Å². The summed E-state index contributed by atoms with van der Waals surface area (Å²) in [5.74, 6) is 0.595. The maximum Gasteiger partial charge on any atom is 0.273 e. The third kappa shape index (κ3) is 5.88. The number of nitrogens with one attached hydrogen (secondary N) is 1. The SMILES string of the molecule is CN(CCc1ccncc1)C(=O)c1cnc(NCCC2=CCCCC2)cn1. The van der Waals surface area contributed by atoms with Crippen LogP contribution in [0.5, 0.6) is 0 Å². The normalized spacial score (nSPS) is 13.7. The Hall–Kier alpha value is -2.76. The first-order valence-corrected chi connectivity index (χ1v) is 9.60. The van der Waals surface area contributed by atoms with Gasteiger partial charge in [-0.1, -0.05) is 11.6 Å². The third-order valence-electron chi connectivity index (χ3n) is 4.84. The van der Waals surface area contributed by atoms with Crippen molar-refractivity contribution >= 4 is 11.7 Å². The Morgan fingerprint density at radius 2 is 2.00 bits per heavy atom. The molecule has 1 N–H and O–H groups in total. The molecule has 0 saturated carbocycles. The molecule has 1 aliphatic rings. The Kier molecular flexibility index (Phi) is 6.90. The lowest BCUT2D eigenvalue weighted by atomic mass is 9.97. The summed E-state index contributed by atoms with van der Waals surface area (Å²) < 4.78 is 0. The van der Waals surface area contributed by atoms with E-state index in [0.29, 0.717) is 18.1 Å². The minimum atomic E-state index is -0.115. The predicted octanol–water partition coefficient (Wildman–Crippen LogP) is 3.49. The van der Waals surface area contributed by atoms with Crippen molar-refractivity contribution in [1.29, 1.82) is 0 Å². The van der Waals surface area contributed by atoms with Crippen molar-refractivity contribution in [2.75, 3.05) is 25.5 Å². The number of anilines is 1. The van der Waals surface area contributed by atoms with Crippen molar-refractivity contribution in [2.24, 2.45) is 0 Å². The van der Waals surface area contributed by atoms with Crippen LogP contribution in [0.25, 0.3) is 0 Å². The van der Waals surface area contributed by atoms with Gasteiger partial charge in [-0.3, -0.25) is 9.78 Å². The van der Waals surface area contributed by atoms with Crippen molar-refractivity contribution in [2.45, 2.75) is 38.5 Å². The molecule has 1 aliphatic carbocycles. The molecular formula is C21H27N5O. The molecule has 27 heavy (non-hydrogen) atoms. The fourth-order valence-corrected chi connectivity index (χ4v) is 3.16. The Labute approximate surface area is 160 Å². The zero-order chi connectivity index (χ0) is 18.9. The molecule has 3 rings (SSSR count). The number of amides is 1. The lowest BCUT2D eigenvalue weighted by molar-refractivity contribution is 0.0790. The quantitative estimate of drug-likeness (QED) is 0.725. The standard InChI is InChI=1S/C21H27N5O/c1-26(14-10-18-7-11-22-12-8-18)21(27)19-15-25-20(16-24-19)23-13-9-17-5-3-2-4-6-17/h5,7-8,11-12,15-16H,2-4,6,9-10,13-14H2,1H3,(H,23,25). The maximum atomic E-state index is 12.5. The third-order valence-corrected chi connectivity index (χ3v) is 4.84. The van der Waals surface area contributed by atoms with Crippen molar-refractivity contribution < 1.29 is 4.79 Å². The molecule has 0 saturated heterocycles. The largest absolute Gasteiger partial charge is 0.368 e. The number of nitrogens with zero attached hydrogens (tertiary/aromatic N) is 4. The topological polar surface area (TPSA) is 71.0 Å². The number of aromatic nitrogens is 3. The number of carbonyl (C=O) groups is 1. The van der Waals surface area contributed by atoms with Crippen LogP contribution in [0.3, 0.4) is 0 Å². The first-order chi connectivity index (χ1) is 13.2. The molecule has 1 amide bonds. The number of rotatable bonds is 8. The van der Waals surface area contributed by atoms with E-state index < -0.39 is 0 Å². The predicted molar refractivity (Wildman–Crippen MR) is 107 cm³/mol. The summed E-state index contributed by atoms with van der Waals surface area (Å²) in [7, 11) is 1.79. The van der Waals surface area contributed by atoms with Gasteiger partial charge in [-0.25, -0.2) is 9.97 Å². The van der Waals surface area contributed by atoms with Gasteiger partial charge in [0.15, 0.2) is 0 Å². The van der Waals surface area contributed by atoms with Crippen LogP contribution in [0.1, 0.15) is 48.2 Å². The van der Waals surface area contributed by atoms with Gasteiger partial charge >= 0.3 is 0 Å². The summed E-state index contributed by atoms with van der Waals surface area (Å²) in [5, 5.41) is 3.29. The van der Waals surface area contributed by atoms with E-state index in [0.717, 1.165) is 24.9 Å². The first kappa shape index (κ1) is 19.0. The molecule has 0 spiro atoms. The molecule has 0 atom stereocenters. The molecular weight excluding hydrogens is 338 g/mol. The zero-order valence-corrected chi connectivity index (χ0v) is 15.9. The van der Waals surface area contributed by atoms with Gasteiger partial charge in [0.05, 0.1) is 12.4 Å². The van der Waals surface area contributed by atoms with E-state index in [9.17, 15) is 4.79 Å². The highest BCUT2D eigenvalue weighted by Gasteiger charge is 2.13. The van der Waals surface area contributed by atoms with E-state index in [2.05, 4.69) is 26.3 Å². The summed E-state index contributed by atoms with van der Waals surface area (Å²) in [5.41, 5.74) is 3.06. The number of carbonyl (C=O) groups excluding carboxylic acids is 1. The molecule has 0 aliphatic heterocycles. The number of pyridine rings is 1. The van der Waals surface area contributed by atoms with Crippen LogP contribution < -0.4 is 5.32 Å². The second-order valence-corrected chi connectivity index (χ2v) is 6.90. The summed E-state index contributed by atoms with van der Waals surface area (Å²) in [6.45, 7) is 1.47. The fraction of sp³-hybridized carbons (Fsp3) is 0.429. The van der Waals surface area contributed by atoms with Gasteiger partial charge in [0.25, 0.3) is 5.91 Å². The number of hydrogen-bond donors (Lipinski definition) is 1. The summed E-state index contributed by atoms with van der Waals surface area (Å²) >= 11 is 0. The van der Waals surface area contributed by atoms with E-state index in [1.165, 1.54) is 31.3 Å². The lowest BCUT2D eigenvalue weighted by Gasteiger charge is -2.16. The Morgan fingerprint density at radius 1 is 1.15 bits per heavy atom. The van der Waals surface area contributed by atoms with E-state index in [1.807, 2.05) is 12.1 Å². The summed E-state index contributed by atoms with van der Waals surface area (Å²) in [4.78, 5) is 26.8. The highest BCUT2D eigenvalue weighted by Crippen LogP contribution is 2.19. The molecule has 2 aromatic heterocycles. The van der Waals surface area contributed by atoms with E-state index in [1.54, 1.807) is 36.7 Å². The molecule has 0 bridgehead atoms. The van der Waals surface area contributed by atoms with Crippen LogP contribution in [-0.4, -0.2) is 45.9 Å². The molecule has 0 unspecified atom stereocenters. The van der Waals surface area contributed by atoms with Crippen LogP contribution in [-0.2, 0) is 6.42 Å². The maximum absolute atomic E-state index is 12.5. The lowest BCUT2D eigenvalue weighted by Crippen LogP contribution is -2.29. The average molecular weight is 365 g/mol. The van der Waals surface area contributed by atoms with Gasteiger partial charge in [0.1, 0.15) is 11.5 Å². The van der Waals surface area contributed by atoms with Crippen LogP contribution >= 0.6 is 0 Å². The van der Waals surface area contributed by atoms with Crippen molar-refractivity contribution in [1.82, 2.24) is 19.9 Å². The number of allylic oxidation sites excluding steroid dienone is 1. The number of hydrogen-bond acceptors (Lipinski definition) is 5. The number of likely N-dealkylation sites (N-methyl/N-ethyl adjacent to an activating group) is 1. The zero-order valence-electron chi connectivity index (χ0n) is 15.9. The fourth-order valence-electron chi connectivity index (χ4n) is 3.16. The molecule has 0 radical (unpaired) electrons. The van der Waals surface area contributed by atoms with Gasteiger partial charge < -0.3 is 10.2 Å². The van der Waals surface area contributed by atoms with Crippen molar-refractivity contribution in [3.05, 3.63) is 59.8 Å². The molecule has 2 heterocycles. The second kappa shape index (κ2) is 9.80. The Balaban J connectivity index is 1.45. The molecule has 0 aromatic carbocycles. The minimum absolute atomic E-state index is 0.115.